The van der Waals surface area contributed by atoms with Crippen molar-refractivity contribution in [2.24, 2.45) is 5.73 Å². The van der Waals surface area contributed by atoms with Gasteiger partial charge in [-0.2, -0.15) is 0 Å². The van der Waals surface area contributed by atoms with E-state index in [-0.39, 0.29) is 11.8 Å². The summed E-state index contributed by atoms with van der Waals surface area (Å²) in [6.45, 7) is 0. The number of carbonyl (C=O) groups is 1. The highest BCUT2D eigenvalue weighted by atomic mass is 33.1. The monoisotopic (exact) mass is 385 g/mol. The van der Waals surface area contributed by atoms with E-state index < -0.39 is 23.6 Å². The Balaban J connectivity index is 1.69. The van der Waals surface area contributed by atoms with Crippen LogP contribution in [0.25, 0.3) is 0 Å². The first-order valence-electron chi connectivity index (χ1n) is 7.73. The zero-order chi connectivity index (χ0) is 18.0. The first-order chi connectivity index (χ1) is 12.0. The summed E-state index contributed by atoms with van der Waals surface area (Å²) in [5.41, 5.74) is 6.77. The van der Waals surface area contributed by atoms with Gasteiger partial charge in [0.25, 0.3) is 0 Å². The molecule has 1 aromatic carbocycles. The molecule has 0 aliphatic heterocycles. The number of hydrogen-bond donors (Lipinski definition) is 2. The van der Waals surface area contributed by atoms with E-state index in [1.54, 1.807) is 6.20 Å². The Morgan fingerprint density at radius 3 is 3.04 bits per heavy atom. The molecular formula is C16H17F2N3O2S2. The molecule has 0 saturated carbocycles. The average Bonchev–Trinajstić information content (AvgIpc) is 3.02. The van der Waals surface area contributed by atoms with Crippen LogP contribution in [0.2, 0.25) is 0 Å². The second kappa shape index (κ2) is 7.76. The van der Waals surface area contributed by atoms with Crippen LogP contribution in [-0.4, -0.2) is 32.4 Å². The quantitative estimate of drug-likeness (QED) is 0.744. The number of aliphatic carboxylic acids is 1. The van der Waals surface area contributed by atoms with Gasteiger partial charge in [-0.3, -0.25) is 4.79 Å². The summed E-state index contributed by atoms with van der Waals surface area (Å²) in [5, 5.41) is 9.54. The Hall–Kier alpha value is -1.58. The molecule has 0 saturated heterocycles. The molecule has 134 valence electrons. The third kappa shape index (κ3) is 4.16. The van der Waals surface area contributed by atoms with Crippen LogP contribution in [0.1, 0.15) is 23.6 Å². The molecule has 2 aromatic rings. The standard InChI is InChI=1S/C16H17F2N3O2S2/c17-10-5-9-6-11(1-2-12(9)13(18)7-10)21-4-3-20-16(21)25-24-8-14(19)15(22)23/h3-5,7,11,14H,1-2,6,8,19H2,(H,22,23). The van der Waals surface area contributed by atoms with Gasteiger partial charge in [0, 0.05) is 30.3 Å². The molecule has 0 amide bonds. The van der Waals surface area contributed by atoms with E-state index in [1.807, 2.05) is 10.8 Å². The van der Waals surface area contributed by atoms with Crippen LogP contribution in [0, 0.1) is 11.6 Å². The van der Waals surface area contributed by atoms with Gasteiger partial charge >= 0.3 is 5.97 Å². The molecule has 3 rings (SSSR count). The van der Waals surface area contributed by atoms with Gasteiger partial charge in [0.15, 0.2) is 5.16 Å². The van der Waals surface area contributed by atoms with E-state index >= 15 is 0 Å². The second-order valence-electron chi connectivity index (χ2n) is 5.85. The van der Waals surface area contributed by atoms with Crippen molar-refractivity contribution >= 4 is 27.6 Å². The zero-order valence-corrected chi connectivity index (χ0v) is 14.8. The normalized spacial score (nSPS) is 18.0. The topological polar surface area (TPSA) is 81.1 Å². The number of carboxylic acids is 1. The molecule has 9 heteroatoms. The van der Waals surface area contributed by atoms with E-state index in [4.69, 9.17) is 10.8 Å². The van der Waals surface area contributed by atoms with Gasteiger partial charge in [-0.1, -0.05) is 10.8 Å². The Morgan fingerprint density at radius 1 is 1.48 bits per heavy atom. The number of fused-ring (bicyclic) bond motifs is 1. The van der Waals surface area contributed by atoms with Gasteiger partial charge in [-0.15, -0.1) is 0 Å². The third-order valence-electron chi connectivity index (χ3n) is 4.16. The van der Waals surface area contributed by atoms with Crippen LogP contribution in [0.5, 0.6) is 0 Å². The van der Waals surface area contributed by atoms with Crippen molar-refractivity contribution < 1.29 is 18.7 Å². The van der Waals surface area contributed by atoms with Crippen LogP contribution in [-0.2, 0) is 17.6 Å². The van der Waals surface area contributed by atoms with Gasteiger partial charge < -0.3 is 15.4 Å². The van der Waals surface area contributed by atoms with E-state index in [2.05, 4.69) is 4.98 Å². The maximum atomic E-state index is 13.9. The maximum absolute atomic E-state index is 13.9. The summed E-state index contributed by atoms with van der Waals surface area (Å²) in [4.78, 5) is 15.0. The second-order valence-corrected chi connectivity index (χ2v) is 8.16. The van der Waals surface area contributed by atoms with Crippen LogP contribution >= 0.6 is 21.6 Å². The van der Waals surface area contributed by atoms with Gasteiger partial charge in [-0.25, -0.2) is 13.8 Å². The van der Waals surface area contributed by atoms with Gasteiger partial charge in [0.05, 0.1) is 0 Å². The van der Waals surface area contributed by atoms with E-state index in [9.17, 15) is 13.6 Å². The zero-order valence-electron chi connectivity index (χ0n) is 13.2. The van der Waals surface area contributed by atoms with Crippen molar-refractivity contribution in [3.63, 3.8) is 0 Å². The lowest BCUT2D eigenvalue weighted by Crippen LogP contribution is -2.32. The highest BCUT2D eigenvalue weighted by molar-refractivity contribution is 8.76. The molecular weight excluding hydrogens is 368 g/mol. The number of aromatic nitrogens is 2. The fourth-order valence-electron chi connectivity index (χ4n) is 2.90. The largest absolute Gasteiger partial charge is 0.480 e. The van der Waals surface area contributed by atoms with Gasteiger partial charge in [0.2, 0.25) is 0 Å². The highest BCUT2D eigenvalue weighted by Gasteiger charge is 2.25. The molecule has 3 N–H and O–H groups in total. The molecule has 1 aliphatic carbocycles. The number of carboxylic acid groups (broad SMARTS) is 1. The highest BCUT2D eigenvalue weighted by Crippen LogP contribution is 2.36. The first-order valence-corrected chi connectivity index (χ1v) is 10.0. The van der Waals surface area contributed by atoms with Crippen LogP contribution in [0.15, 0.2) is 29.7 Å². The maximum Gasteiger partial charge on any atom is 0.321 e. The number of benzene rings is 1. The number of imidazole rings is 1. The molecule has 0 fully saturated rings. The Labute approximate surface area is 151 Å². The minimum Gasteiger partial charge on any atom is -0.480 e. The lowest BCUT2D eigenvalue weighted by molar-refractivity contribution is -0.137. The Morgan fingerprint density at radius 2 is 2.28 bits per heavy atom. The predicted molar refractivity (Wildman–Crippen MR) is 93.6 cm³/mol. The molecule has 0 spiro atoms. The van der Waals surface area contributed by atoms with Crippen molar-refractivity contribution in [1.29, 1.82) is 0 Å². The van der Waals surface area contributed by atoms with Crippen molar-refractivity contribution in [2.45, 2.75) is 36.5 Å². The molecule has 0 radical (unpaired) electrons. The Kier molecular flexibility index (Phi) is 5.65. The summed E-state index contributed by atoms with van der Waals surface area (Å²) in [6, 6.07) is 1.47. The fourth-order valence-corrected chi connectivity index (χ4v) is 5.11. The van der Waals surface area contributed by atoms with Crippen LogP contribution in [0.3, 0.4) is 0 Å². The first kappa shape index (κ1) is 18.2. The minimum atomic E-state index is -1.04. The smallest absolute Gasteiger partial charge is 0.321 e. The van der Waals surface area contributed by atoms with Gasteiger partial charge in [0.1, 0.15) is 17.7 Å². The van der Waals surface area contributed by atoms with Crippen molar-refractivity contribution in [3.05, 3.63) is 47.3 Å². The summed E-state index contributed by atoms with van der Waals surface area (Å²) in [6.07, 6.45) is 5.32. The lowest BCUT2D eigenvalue weighted by atomic mass is 9.87. The molecule has 2 unspecified atom stereocenters. The van der Waals surface area contributed by atoms with Gasteiger partial charge in [-0.05, 0) is 47.2 Å². The average molecular weight is 385 g/mol. The molecule has 0 bridgehead atoms. The van der Waals surface area contributed by atoms with Crippen LogP contribution < -0.4 is 5.73 Å². The lowest BCUT2D eigenvalue weighted by Gasteiger charge is -2.27. The fraction of sp³-hybridized carbons (Fsp3) is 0.375. The van der Waals surface area contributed by atoms with Crippen molar-refractivity contribution in [3.8, 4) is 0 Å². The summed E-state index contributed by atoms with van der Waals surface area (Å²) in [5.74, 6) is -1.82. The number of nitrogens with zero attached hydrogens (tertiary/aromatic N) is 2. The number of hydrogen-bond acceptors (Lipinski definition) is 5. The van der Waals surface area contributed by atoms with E-state index in [0.29, 0.717) is 24.0 Å². The SMILES string of the molecule is NC(CSSc1nccn1C1CCc2c(F)cc(F)cc2C1)C(=O)O. The number of rotatable bonds is 6. The molecule has 2 atom stereocenters. The summed E-state index contributed by atoms with van der Waals surface area (Å²) in [7, 11) is 2.68. The van der Waals surface area contributed by atoms with Crippen molar-refractivity contribution in [2.75, 3.05) is 5.75 Å². The molecule has 1 aromatic heterocycles. The molecule has 25 heavy (non-hydrogen) atoms. The minimum absolute atomic E-state index is 0.0625. The predicted octanol–water partition coefficient (Wildman–Crippen LogP) is 3.04. The molecule has 1 aliphatic rings. The summed E-state index contributed by atoms with van der Waals surface area (Å²) < 4.78 is 29.3. The Bertz CT molecular complexity index is 785. The summed E-state index contributed by atoms with van der Waals surface area (Å²) >= 11 is 0. The van der Waals surface area contributed by atoms with Crippen molar-refractivity contribution in [1.82, 2.24) is 9.55 Å². The van der Waals surface area contributed by atoms with Crippen LogP contribution in [0.4, 0.5) is 8.78 Å². The number of nitrogens with two attached hydrogens (primary N) is 1. The molecule has 5 nitrogen and oxygen atoms in total. The number of halogens is 2. The van der Waals surface area contributed by atoms with E-state index in [1.165, 1.54) is 27.7 Å². The molecule has 1 heterocycles. The van der Waals surface area contributed by atoms with E-state index in [0.717, 1.165) is 17.6 Å². The third-order valence-corrected chi connectivity index (χ3v) is 6.45.